The molecule has 1 nitrogen and oxygen atoms in total. The first-order chi connectivity index (χ1) is 7.16. The topological polar surface area (TPSA) is 17.1 Å². The molecule has 0 saturated heterocycles. The number of fused-ring (bicyclic) bond motifs is 1. The second kappa shape index (κ2) is 4.48. The van der Waals surface area contributed by atoms with Gasteiger partial charge in [-0.15, -0.1) is 0 Å². The van der Waals surface area contributed by atoms with Crippen LogP contribution in [0.4, 0.5) is 0 Å². The fraction of sp³-hybridized carbons (Fsp3) is 0.462. The van der Waals surface area contributed by atoms with Gasteiger partial charge in [0.2, 0.25) is 0 Å². The molecule has 0 bridgehead atoms. The molecule has 0 radical (unpaired) electrons. The third-order valence-corrected chi connectivity index (χ3v) is 3.57. The Morgan fingerprint density at radius 3 is 3.07 bits per heavy atom. The molecular weight excluding hydrogens is 252 g/mol. The van der Waals surface area contributed by atoms with Crippen LogP contribution in [0.3, 0.4) is 0 Å². The molecule has 0 spiro atoms. The van der Waals surface area contributed by atoms with Crippen molar-refractivity contribution in [3.8, 4) is 0 Å². The molecule has 1 atom stereocenters. The van der Waals surface area contributed by atoms with E-state index in [2.05, 4.69) is 34.1 Å². The predicted molar refractivity (Wildman–Crippen MR) is 65.1 cm³/mol. The third-order valence-electron chi connectivity index (χ3n) is 3.08. The van der Waals surface area contributed by atoms with Crippen molar-refractivity contribution in [2.75, 3.05) is 0 Å². The van der Waals surface area contributed by atoms with Crippen molar-refractivity contribution in [2.45, 2.75) is 38.5 Å². The Hall–Kier alpha value is -0.630. The summed E-state index contributed by atoms with van der Waals surface area (Å²) in [6, 6.07) is 6.46. The van der Waals surface area contributed by atoms with Gasteiger partial charge in [-0.2, -0.15) is 0 Å². The van der Waals surface area contributed by atoms with Crippen molar-refractivity contribution in [3.05, 3.63) is 33.8 Å². The standard InChI is InChI=1S/C13H15BrO/c1-9(15)7-11-4-2-3-10-5-6-12(14)8-13(10)11/h5-6,8,11H,2-4,7H2,1H3. The summed E-state index contributed by atoms with van der Waals surface area (Å²) in [5.74, 6) is 0.747. The van der Waals surface area contributed by atoms with Crippen LogP contribution in [-0.4, -0.2) is 5.78 Å². The first-order valence-electron chi connectivity index (χ1n) is 5.44. The Morgan fingerprint density at radius 1 is 1.53 bits per heavy atom. The molecule has 0 N–H and O–H groups in total. The molecule has 1 aromatic carbocycles. The number of carbonyl (C=O) groups is 1. The Labute approximate surface area is 99.0 Å². The predicted octanol–water partition coefficient (Wildman–Crippen LogP) is 3.85. The van der Waals surface area contributed by atoms with E-state index in [0.717, 1.165) is 17.3 Å². The maximum absolute atomic E-state index is 11.2. The van der Waals surface area contributed by atoms with Gasteiger partial charge in [0, 0.05) is 10.9 Å². The number of halogens is 1. The molecule has 2 heteroatoms. The Morgan fingerprint density at radius 2 is 2.33 bits per heavy atom. The zero-order valence-electron chi connectivity index (χ0n) is 8.92. The van der Waals surface area contributed by atoms with Gasteiger partial charge >= 0.3 is 0 Å². The van der Waals surface area contributed by atoms with E-state index in [1.54, 1.807) is 6.92 Å². The molecule has 0 saturated carbocycles. The monoisotopic (exact) mass is 266 g/mol. The molecule has 2 rings (SSSR count). The summed E-state index contributed by atoms with van der Waals surface area (Å²) in [6.07, 6.45) is 4.23. The highest BCUT2D eigenvalue weighted by Gasteiger charge is 2.21. The van der Waals surface area contributed by atoms with Crippen molar-refractivity contribution in [1.82, 2.24) is 0 Å². The minimum absolute atomic E-state index is 0.299. The Kier molecular flexibility index (Phi) is 3.25. The van der Waals surface area contributed by atoms with Crippen LogP contribution in [0.2, 0.25) is 0 Å². The van der Waals surface area contributed by atoms with E-state index in [-0.39, 0.29) is 0 Å². The highest BCUT2D eigenvalue weighted by Crippen LogP contribution is 2.35. The number of aryl methyl sites for hydroxylation is 1. The number of Topliss-reactive ketones (excluding diaryl/α,β-unsaturated/α-hetero) is 1. The second-order valence-electron chi connectivity index (χ2n) is 4.34. The van der Waals surface area contributed by atoms with Gasteiger partial charge in [-0.1, -0.05) is 22.0 Å². The molecule has 1 aliphatic carbocycles. The van der Waals surface area contributed by atoms with Gasteiger partial charge in [0.25, 0.3) is 0 Å². The van der Waals surface area contributed by atoms with Crippen LogP contribution in [0, 0.1) is 0 Å². The molecule has 1 unspecified atom stereocenters. The highest BCUT2D eigenvalue weighted by atomic mass is 79.9. The van der Waals surface area contributed by atoms with Crippen LogP contribution in [0.1, 0.15) is 43.2 Å². The van der Waals surface area contributed by atoms with Crippen molar-refractivity contribution < 1.29 is 4.79 Å². The summed E-state index contributed by atoms with van der Waals surface area (Å²) in [5.41, 5.74) is 2.81. The lowest BCUT2D eigenvalue weighted by Crippen LogP contribution is -2.12. The van der Waals surface area contributed by atoms with E-state index in [1.165, 1.54) is 17.5 Å². The average molecular weight is 267 g/mol. The number of ketones is 1. The normalized spacial score (nSPS) is 19.7. The summed E-state index contributed by atoms with van der Waals surface area (Å²) in [6.45, 7) is 1.69. The van der Waals surface area contributed by atoms with E-state index in [4.69, 9.17) is 0 Å². The summed E-state index contributed by atoms with van der Waals surface area (Å²) < 4.78 is 1.12. The van der Waals surface area contributed by atoms with Crippen molar-refractivity contribution in [1.29, 1.82) is 0 Å². The second-order valence-corrected chi connectivity index (χ2v) is 5.25. The van der Waals surface area contributed by atoms with E-state index in [1.807, 2.05) is 0 Å². The lowest BCUT2D eigenvalue weighted by atomic mass is 9.80. The van der Waals surface area contributed by atoms with Crippen LogP contribution in [0.5, 0.6) is 0 Å². The molecule has 0 fully saturated rings. The Bertz CT molecular complexity index is 384. The van der Waals surface area contributed by atoms with E-state index in [9.17, 15) is 4.79 Å². The largest absolute Gasteiger partial charge is 0.300 e. The van der Waals surface area contributed by atoms with Crippen LogP contribution in [-0.2, 0) is 11.2 Å². The molecule has 15 heavy (non-hydrogen) atoms. The molecule has 0 aromatic heterocycles. The van der Waals surface area contributed by atoms with Crippen molar-refractivity contribution in [2.24, 2.45) is 0 Å². The third kappa shape index (κ3) is 2.49. The molecule has 0 amide bonds. The van der Waals surface area contributed by atoms with E-state index in [0.29, 0.717) is 18.1 Å². The first kappa shape index (κ1) is 10.9. The van der Waals surface area contributed by atoms with E-state index < -0.39 is 0 Å². The molecule has 0 aliphatic heterocycles. The number of carbonyl (C=O) groups excluding carboxylic acids is 1. The van der Waals surface area contributed by atoms with Gasteiger partial charge in [0.15, 0.2) is 0 Å². The molecule has 0 heterocycles. The first-order valence-corrected chi connectivity index (χ1v) is 6.24. The Balaban J connectivity index is 2.32. The van der Waals surface area contributed by atoms with Gasteiger partial charge in [-0.3, -0.25) is 0 Å². The quantitative estimate of drug-likeness (QED) is 0.795. The zero-order valence-corrected chi connectivity index (χ0v) is 10.5. The van der Waals surface area contributed by atoms with Crippen LogP contribution in [0.25, 0.3) is 0 Å². The number of hydrogen-bond donors (Lipinski definition) is 0. The van der Waals surface area contributed by atoms with Crippen molar-refractivity contribution in [3.63, 3.8) is 0 Å². The maximum Gasteiger partial charge on any atom is 0.130 e. The van der Waals surface area contributed by atoms with Gasteiger partial charge in [0.1, 0.15) is 5.78 Å². The summed E-state index contributed by atoms with van der Waals surface area (Å²) >= 11 is 3.50. The lowest BCUT2D eigenvalue weighted by molar-refractivity contribution is -0.117. The summed E-state index contributed by atoms with van der Waals surface area (Å²) in [7, 11) is 0. The SMILES string of the molecule is CC(=O)CC1CCCc2ccc(Br)cc21. The molecule has 1 aromatic rings. The van der Waals surface area contributed by atoms with Crippen LogP contribution in [0.15, 0.2) is 22.7 Å². The lowest BCUT2D eigenvalue weighted by Gasteiger charge is -2.24. The van der Waals surface area contributed by atoms with Gasteiger partial charge < -0.3 is 4.79 Å². The van der Waals surface area contributed by atoms with Gasteiger partial charge in [0.05, 0.1) is 0 Å². The van der Waals surface area contributed by atoms with Gasteiger partial charge in [-0.05, 0) is 55.4 Å². The maximum atomic E-state index is 11.2. The minimum Gasteiger partial charge on any atom is -0.300 e. The van der Waals surface area contributed by atoms with E-state index >= 15 is 0 Å². The van der Waals surface area contributed by atoms with Crippen LogP contribution < -0.4 is 0 Å². The molecule has 1 aliphatic rings. The molecule has 80 valence electrons. The molecular formula is C13H15BrO. The highest BCUT2D eigenvalue weighted by molar-refractivity contribution is 9.10. The number of benzene rings is 1. The summed E-state index contributed by atoms with van der Waals surface area (Å²) in [5, 5.41) is 0. The zero-order chi connectivity index (χ0) is 10.8. The fourth-order valence-electron chi connectivity index (χ4n) is 2.43. The minimum atomic E-state index is 0.299. The number of rotatable bonds is 2. The smallest absolute Gasteiger partial charge is 0.130 e. The van der Waals surface area contributed by atoms with Gasteiger partial charge in [-0.25, -0.2) is 0 Å². The van der Waals surface area contributed by atoms with Crippen molar-refractivity contribution >= 4 is 21.7 Å². The fourth-order valence-corrected chi connectivity index (χ4v) is 2.81. The summed E-state index contributed by atoms with van der Waals surface area (Å²) in [4.78, 5) is 11.2. The van der Waals surface area contributed by atoms with Crippen LogP contribution >= 0.6 is 15.9 Å². The number of hydrogen-bond acceptors (Lipinski definition) is 1. The average Bonchev–Trinajstić information content (AvgIpc) is 2.18.